The van der Waals surface area contributed by atoms with E-state index < -0.39 is 0 Å². The molecule has 0 spiro atoms. The van der Waals surface area contributed by atoms with Crippen LogP contribution in [0.4, 0.5) is 0 Å². The van der Waals surface area contributed by atoms with Gasteiger partial charge in [0.05, 0.1) is 5.54 Å². The third kappa shape index (κ3) is 2.30. The fraction of sp³-hybridized carbons (Fsp3) is 0.857. The molecule has 0 saturated heterocycles. The summed E-state index contributed by atoms with van der Waals surface area (Å²) in [6.07, 6.45) is 9.22. The zero-order chi connectivity index (χ0) is 12.6. The van der Waals surface area contributed by atoms with E-state index in [1.54, 1.807) is 0 Å². The van der Waals surface area contributed by atoms with E-state index >= 15 is 0 Å². The lowest BCUT2D eigenvalue weighted by Gasteiger charge is -2.33. The minimum atomic E-state index is -0.339. The molecule has 18 heavy (non-hydrogen) atoms. The van der Waals surface area contributed by atoms with Crippen LogP contribution in [0.2, 0.25) is 0 Å². The molecule has 0 aromatic carbocycles. The first kappa shape index (κ1) is 12.2. The van der Waals surface area contributed by atoms with Gasteiger partial charge in [0.2, 0.25) is 5.89 Å². The Morgan fingerprint density at radius 3 is 2.61 bits per heavy atom. The monoisotopic (exact) mass is 249 g/mol. The summed E-state index contributed by atoms with van der Waals surface area (Å²) in [5.41, 5.74) is 6.11. The van der Waals surface area contributed by atoms with Crippen LogP contribution in [0.15, 0.2) is 4.52 Å². The molecule has 2 aliphatic rings. The first-order chi connectivity index (χ1) is 8.66. The second-order valence-electron chi connectivity index (χ2n) is 6.35. The Bertz CT molecular complexity index is 403. The van der Waals surface area contributed by atoms with Crippen molar-refractivity contribution in [3.05, 3.63) is 11.7 Å². The van der Waals surface area contributed by atoms with Gasteiger partial charge in [0, 0.05) is 6.42 Å². The predicted molar refractivity (Wildman–Crippen MR) is 68.8 cm³/mol. The van der Waals surface area contributed by atoms with E-state index in [1.807, 2.05) is 0 Å². The third-order valence-electron chi connectivity index (χ3n) is 4.77. The molecule has 2 N–H and O–H groups in total. The van der Waals surface area contributed by atoms with E-state index in [4.69, 9.17) is 10.3 Å². The summed E-state index contributed by atoms with van der Waals surface area (Å²) in [6.45, 7) is 2.29. The van der Waals surface area contributed by atoms with Gasteiger partial charge < -0.3 is 10.3 Å². The average Bonchev–Trinajstić information content (AvgIpc) is 2.77. The minimum Gasteiger partial charge on any atom is -0.339 e. The molecule has 0 atom stereocenters. The van der Waals surface area contributed by atoms with E-state index in [-0.39, 0.29) is 5.54 Å². The van der Waals surface area contributed by atoms with Crippen molar-refractivity contribution in [2.75, 3.05) is 0 Å². The van der Waals surface area contributed by atoms with E-state index in [9.17, 15) is 0 Å². The highest BCUT2D eigenvalue weighted by Gasteiger charge is 2.36. The highest BCUT2D eigenvalue weighted by Crippen LogP contribution is 2.36. The van der Waals surface area contributed by atoms with Crippen molar-refractivity contribution in [3.63, 3.8) is 0 Å². The predicted octanol–water partition coefficient (Wildman–Crippen LogP) is 2.78. The quantitative estimate of drug-likeness (QED) is 0.894. The zero-order valence-corrected chi connectivity index (χ0v) is 11.2. The van der Waals surface area contributed by atoms with Gasteiger partial charge in [-0.2, -0.15) is 4.98 Å². The molecule has 2 fully saturated rings. The van der Waals surface area contributed by atoms with Crippen molar-refractivity contribution in [2.24, 2.45) is 17.6 Å². The van der Waals surface area contributed by atoms with Gasteiger partial charge in [-0.1, -0.05) is 18.5 Å². The normalized spacial score (nSPS) is 33.3. The number of hydrogen-bond acceptors (Lipinski definition) is 4. The summed E-state index contributed by atoms with van der Waals surface area (Å²) < 4.78 is 5.38. The summed E-state index contributed by atoms with van der Waals surface area (Å²) in [7, 11) is 0. The Balaban J connectivity index is 1.67. The first-order valence-corrected chi connectivity index (χ1v) is 7.28. The highest BCUT2D eigenvalue weighted by atomic mass is 16.5. The molecule has 1 heterocycles. The van der Waals surface area contributed by atoms with Crippen molar-refractivity contribution in [1.29, 1.82) is 0 Å². The van der Waals surface area contributed by atoms with Gasteiger partial charge >= 0.3 is 0 Å². The van der Waals surface area contributed by atoms with Gasteiger partial charge in [-0.3, -0.25) is 0 Å². The second-order valence-corrected chi connectivity index (χ2v) is 6.35. The van der Waals surface area contributed by atoms with Crippen LogP contribution in [0.3, 0.4) is 0 Å². The minimum absolute atomic E-state index is 0.339. The molecule has 100 valence electrons. The molecule has 4 heteroatoms. The van der Waals surface area contributed by atoms with Crippen LogP contribution in [0.5, 0.6) is 0 Å². The fourth-order valence-electron chi connectivity index (χ4n) is 2.98. The number of hydrogen-bond donors (Lipinski definition) is 1. The Morgan fingerprint density at radius 1 is 1.28 bits per heavy atom. The molecule has 2 saturated carbocycles. The van der Waals surface area contributed by atoms with E-state index in [1.165, 1.54) is 32.1 Å². The fourth-order valence-corrected chi connectivity index (χ4v) is 2.98. The number of rotatable bonds is 3. The summed E-state index contributed by atoms with van der Waals surface area (Å²) in [5.74, 6) is 3.07. The van der Waals surface area contributed by atoms with Gasteiger partial charge in [-0.15, -0.1) is 0 Å². The maximum Gasteiger partial charge on any atom is 0.226 e. The second kappa shape index (κ2) is 4.65. The van der Waals surface area contributed by atoms with Crippen LogP contribution >= 0.6 is 0 Å². The number of nitrogens with two attached hydrogens (primary N) is 1. The average molecular weight is 249 g/mol. The lowest BCUT2D eigenvalue weighted by Crippen LogP contribution is -2.41. The Hall–Kier alpha value is -0.900. The molecular weight excluding hydrogens is 226 g/mol. The molecule has 0 radical (unpaired) electrons. The smallest absolute Gasteiger partial charge is 0.226 e. The standard InChI is InChI=1S/C14H23N3O/c1-10-5-7-14(15,8-6-10)13-16-12(18-17-13)9-11-3-2-4-11/h10-11H,2-9,15H2,1H3. The van der Waals surface area contributed by atoms with Crippen LogP contribution in [-0.2, 0) is 12.0 Å². The van der Waals surface area contributed by atoms with Crippen molar-refractivity contribution in [3.8, 4) is 0 Å². The highest BCUT2D eigenvalue weighted by molar-refractivity contribution is 5.06. The summed E-state index contributed by atoms with van der Waals surface area (Å²) >= 11 is 0. The number of aromatic nitrogens is 2. The van der Waals surface area contributed by atoms with Gasteiger partial charge in [0.15, 0.2) is 5.82 Å². The SMILES string of the molecule is CC1CCC(N)(c2noc(CC3CCC3)n2)CC1. The molecule has 4 nitrogen and oxygen atoms in total. The lowest BCUT2D eigenvalue weighted by atomic mass is 9.77. The van der Waals surface area contributed by atoms with Crippen molar-refractivity contribution >= 4 is 0 Å². The summed E-state index contributed by atoms with van der Waals surface area (Å²) in [5, 5.41) is 4.14. The third-order valence-corrected chi connectivity index (χ3v) is 4.77. The Kier molecular flexibility index (Phi) is 3.14. The van der Waals surface area contributed by atoms with E-state index in [0.717, 1.165) is 42.8 Å². The first-order valence-electron chi connectivity index (χ1n) is 7.28. The summed E-state index contributed by atoms with van der Waals surface area (Å²) in [4.78, 5) is 4.55. The van der Waals surface area contributed by atoms with E-state index in [2.05, 4.69) is 17.1 Å². The van der Waals surface area contributed by atoms with Crippen molar-refractivity contribution < 1.29 is 4.52 Å². The molecule has 2 aliphatic carbocycles. The zero-order valence-electron chi connectivity index (χ0n) is 11.2. The van der Waals surface area contributed by atoms with Crippen molar-refractivity contribution in [1.82, 2.24) is 10.1 Å². The maximum absolute atomic E-state index is 6.45. The van der Waals surface area contributed by atoms with Crippen molar-refractivity contribution in [2.45, 2.75) is 63.8 Å². The van der Waals surface area contributed by atoms with Crippen LogP contribution in [-0.4, -0.2) is 10.1 Å². The van der Waals surface area contributed by atoms with Crippen LogP contribution in [0.1, 0.15) is 63.6 Å². The molecule has 0 aliphatic heterocycles. The largest absolute Gasteiger partial charge is 0.339 e. The van der Waals surface area contributed by atoms with Gasteiger partial charge in [-0.25, -0.2) is 0 Å². The number of nitrogens with zero attached hydrogens (tertiary/aromatic N) is 2. The van der Waals surface area contributed by atoms with Crippen LogP contribution in [0.25, 0.3) is 0 Å². The van der Waals surface area contributed by atoms with Gasteiger partial charge in [-0.05, 0) is 50.4 Å². The topological polar surface area (TPSA) is 64.9 Å². The van der Waals surface area contributed by atoms with Gasteiger partial charge in [0.25, 0.3) is 0 Å². The summed E-state index contributed by atoms with van der Waals surface area (Å²) in [6, 6.07) is 0. The Morgan fingerprint density at radius 2 is 2.00 bits per heavy atom. The molecule has 0 amide bonds. The molecule has 3 rings (SSSR count). The molecular formula is C14H23N3O. The molecule has 1 aromatic rings. The van der Waals surface area contributed by atoms with Crippen LogP contribution in [0, 0.1) is 11.8 Å². The Labute approximate surface area is 108 Å². The molecule has 0 unspecified atom stereocenters. The van der Waals surface area contributed by atoms with Crippen LogP contribution < -0.4 is 5.73 Å². The van der Waals surface area contributed by atoms with Gasteiger partial charge in [0.1, 0.15) is 0 Å². The lowest BCUT2D eigenvalue weighted by molar-refractivity contribution is 0.228. The molecule has 1 aromatic heterocycles. The molecule has 0 bridgehead atoms. The maximum atomic E-state index is 6.45. The van der Waals surface area contributed by atoms with E-state index in [0.29, 0.717) is 0 Å².